The summed E-state index contributed by atoms with van der Waals surface area (Å²) in [6.45, 7) is 9.22. The molecule has 0 N–H and O–H groups in total. The van der Waals surface area contributed by atoms with Crippen LogP contribution in [0.25, 0.3) is 0 Å². The predicted octanol–water partition coefficient (Wildman–Crippen LogP) is 8.65. The average molecular weight is 474 g/mol. The van der Waals surface area contributed by atoms with Crippen LogP contribution in [0.3, 0.4) is 0 Å². The lowest BCUT2D eigenvalue weighted by molar-refractivity contribution is -0.704. The fourth-order valence-corrected chi connectivity index (χ4v) is 5.28. The van der Waals surface area contributed by atoms with Crippen LogP contribution in [-0.4, -0.2) is 4.57 Å². The van der Waals surface area contributed by atoms with Gasteiger partial charge in [-0.2, -0.15) is 0 Å². The molecular weight excluding hydrogens is 424 g/mol. The van der Waals surface area contributed by atoms with Crippen LogP contribution in [0.15, 0.2) is 66.9 Å². The highest BCUT2D eigenvalue weighted by Gasteiger charge is 2.24. The van der Waals surface area contributed by atoms with E-state index in [4.69, 9.17) is 0 Å². The number of hydrogen-bond acceptors (Lipinski definition) is 0. The number of nitrogens with zero attached hydrogens (tertiary/aromatic N) is 2. The monoisotopic (exact) mass is 473 g/mol. The van der Waals surface area contributed by atoms with Crippen molar-refractivity contribution in [2.24, 2.45) is 0 Å². The number of benzene rings is 2. The largest absolute Gasteiger partial charge is 0.261 e. The highest BCUT2D eigenvalue weighted by molar-refractivity contribution is 5.22. The van der Waals surface area contributed by atoms with Crippen molar-refractivity contribution in [1.82, 2.24) is 4.57 Å². The molecule has 0 saturated heterocycles. The smallest absolute Gasteiger partial charge is 0.234 e. The van der Waals surface area contributed by atoms with Gasteiger partial charge in [-0.05, 0) is 36.3 Å². The Morgan fingerprint density at radius 1 is 0.714 bits per heavy atom. The minimum absolute atomic E-state index is 0.521. The Kier molecular flexibility index (Phi) is 12.1. The van der Waals surface area contributed by atoms with E-state index in [1.165, 1.54) is 86.9 Å². The van der Waals surface area contributed by atoms with Gasteiger partial charge in [0.15, 0.2) is 0 Å². The maximum Gasteiger partial charge on any atom is 0.261 e. The zero-order valence-corrected chi connectivity index (χ0v) is 22.7. The normalized spacial score (nSPS) is 12.2. The molecule has 3 rings (SSSR count). The quantitative estimate of drug-likeness (QED) is 0.137. The van der Waals surface area contributed by atoms with Crippen molar-refractivity contribution >= 4 is 0 Å². The number of imidazole rings is 1. The number of unbranched alkanes of at least 4 members (excludes halogenated alkanes) is 8. The Morgan fingerprint density at radius 3 is 1.94 bits per heavy atom. The standard InChI is InChI=1S/C33H49N2/c1-4-6-7-8-9-10-11-12-19-25-34-28-32(26-29(3)31-22-17-14-18-23-31)35(24-5-2)33(34)27-30-20-15-13-16-21-30/h13-18,20-23,28-29H,4-12,19,24-27H2,1-3H3/q+1. The van der Waals surface area contributed by atoms with Gasteiger partial charge in [-0.3, -0.25) is 0 Å². The van der Waals surface area contributed by atoms with Crippen LogP contribution in [0.1, 0.15) is 114 Å². The Balaban J connectivity index is 1.70. The molecule has 0 radical (unpaired) electrons. The van der Waals surface area contributed by atoms with Gasteiger partial charge in [-0.1, -0.05) is 126 Å². The van der Waals surface area contributed by atoms with E-state index in [-0.39, 0.29) is 0 Å². The third kappa shape index (κ3) is 8.98. The molecule has 0 aliphatic carbocycles. The Hall–Kier alpha value is -2.35. The summed E-state index contributed by atoms with van der Waals surface area (Å²) in [5, 5.41) is 0. The van der Waals surface area contributed by atoms with Crippen molar-refractivity contribution in [2.45, 2.75) is 117 Å². The van der Waals surface area contributed by atoms with Crippen LogP contribution in [0.5, 0.6) is 0 Å². The minimum Gasteiger partial charge on any atom is -0.234 e. The van der Waals surface area contributed by atoms with Gasteiger partial charge < -0.3 is 0 Å². The fraction of sp³-hybridized carbons (Fsp3) is 0.545. The van der Waals surface area contributed by atoms with Gasteiger partial charge in [-0.15, -0.1) is 0 Å². The van der Waals surface area contributed by atoms with Crippen LogP contribution < -0.4 is 4.57 Å². The van der Waals surface area contributed by atoms with Crippen molar-refractivity contribution in [2.75, 3.05) is 0 Å². The van der Waals surface area contributed by atoms with Gasteiger partial charge in [0.2, 0.25) is 0 Å². The van der Waals surface area contributed by atoms with Crippen molar-refractivity contribution in [3.8, 4) is 0 Å². The van der Waals surface area contributed by atoms with Crippen molar-refractivity contribution in [3.05, 3.63) is 89.5 Å². The molecule has 35 heavy (non-hydrogen) atoms. The summed E-state index contributed by atoms with van der Waals surface area (Å²) in [5.41, 5.74) is 4.34. The van der Waals surface area contributed by atoms with Gasteiger partial charge in [0.05, 0.1) is 19.5 Å². The summed E-state index contributed by atoms with van der Waals surface area (Å²) in [4.78, 5) is 0. The summed E-state index contributed by atoms with van der Waals surface area (Å²) in [6.07, 6.45) is 18.2. The van der Waals surface area contributed by atoms with Gasteiger partial charge in [-0.25, -0.2) is 9.13 Å². The van der Waals surface area contributed by atoms with Crippen molar-refractivity contribution < 1.29 is 4.57 Å². The zero-order chi connectivity index (χ0) is 24.7. The molecule has 2 heteroatoms. The average Bonchev–Trinajstić information content (AvgIpc) is 3.19. The van der Waals surface area contributed by atoms with Crippen LogP contribution >= 0.6 is 0 Å². The maximum atomic E-state index is 2.64. The van der Waals surface area contributed by atoms with Gasteiger partial charge in [0.1, 0.15) is 11.9 Å². The van der Waals surface area contributed by atoms with Crippen molar-refractivity contribution in [3.63, 3.8) is 0 Å². The number of aryl methyl sites for hydroxylation is 1. The zero-order valence-electron chi connectivity index (χ0n) is 22.7. The third-order valence-corrected chi connectivity index (χ3v) is 7.33. The summed E-state index contributed by atoms with van der Waals surface area (Å²) in [6, 6.07) is 22.0. The molecule has 3 aromatic rings. The molecule has 1 unspecified atom stereocenters. The molecule has 1 aromatic heterocycles. The lowest BCUT2D eigenvalue weighted by atomic mass is 9.96. The topological polar surface area (TPSA) is 8.81 Å². The molecule has 0 aliphatic rings. The van der Waals surface area contributed by atoms with E-state index >= 15 is 0 Å². The number of hydrogen-bond donors (Lipinski definition) is 0. The van der Waals surface area contributed by atoms with E-state index in [0.29, 0.717) is 5.92 Å². The molecular formula is C33H49N2+. The highest BCUT2D eigenvalue weighted by Crippen LogP contribution is 2.22. The molecule has 0 amide bonds. The van der Waals surface area contributed by atoms with Gasteiger partial charge in [0, 0.05) is 6.42 Å². The number of aromatic nitrogens is 2. The van der Waals surface area contributed by atoms with Gasteiger partial charge in [0.25, 0.3) is 5.82 Å². The molecule has 0 saturated carbocycles. The molecule has 0 spiro atoms. The number of rotatable bonds is 17. The minimum atomic E-state index is 0.521. The molecule has 190 valence electrons. The summed E-state index contributed by atoms with van der Waals surface area (Å²) < 4.78 is 5.23. The Morgan fingerprint density at radius 2 is 1.31 bits per heavy atom. The summed E-state index contributed by atoms with van der Waals surface area (Å²) in [7, 11) is 0. The predicted molar refractivity (Wildman–Crippen MR) is 150 cm³/mol. The highest BCUT2D eigenvalue weighted by atomic mass is 15.2. The second kappa shape index (κ2) is 15.6. The first-order valence-electron chi connectivity index (χ1n) is 14.4. The van der Waals surface area contributed by atoms with Crippen LogP contribution in [0.2, 0.25) is 0 Å². The molecule has 0 aliphatic heterocycles. The third-order valence-electron chi connectivity index (χ3n) is 7.33. The van der Waals surface area contributed by atoms with Crippen molar-refractivity contribution in [1.29, 1.82) is 0 Å². The molecule has 2 nitrogen and oxygen atoms in total. The van der Waals surface area contributed by atoms with Crippen LogP contribution in [0, 0.1) is 0 Å². The Labute approximate surface area is 215 Å². The Bertz CT molecular complexity index is 942. The molecule has 0 fully saturated rings. The SMILES string of the molecule is CCCCCCCCCCC[n+]1cc(CC(C)c2ccccc2)n(CCC)c1Cc1ccccc1. The second-order valence-electron chi connectivity index (χ2n) is 10.4. The van der Waals surface area contributed by atoms with E-state index < -0.39 is 0 Å². The molecule has 1 heterocycles. The second-order valence-corrected chi connectivity index (χ2v) is 10.4. The van der Waals surface area contributed by atoms with Crippen LogP contribution in [0.4, 0.5) is 0 Å². The molecule has 1 atom stereocenters. The van der Waals surface area contributed by atoms with E-state index in [9.17, 15) is 0 Å². The first kappa shape index (κ1) is 27.2. The molecule has 0 bridgehead atoms. The first-order valence-corrected chi connectivity index (χ1v) is 14.4. The lowest BCUT2D eigenvalue weighted by Gasteiger charge is -2.11. The summed E-state index contributed by atoms with van der Waals surface area (Å²) >= 11 is 0. The van der Waals surface area contributed by atoms with Crippen LogP contribution in [-0.2, 0) is 25.9 Å². The van der Waals surface area contributed by atoms with E-state index in [1.54, 1.807) is 0 Å². The lowest BCUT2D eigenvalue weighted by Crippen LogP contribution is -2.37. The summed E-state index contributed by atoms with van der Waals surface area (Å²) in [5.74, 6) is 2.00. The van der Waals surface area contributed by atoms with E-state index in [0.717, 1.165) is 25.9 Å². The van der Waals surface area contributed by atoms with Gasteiger partial charge >= 0.3 is 0 Å². The molecule has 2 aromatic carbocycles. The van der Waals surface area contributed by atoms with E-state index in [1.807, 2.05) is 0 Å². The fourth-order valence-electron chi connectivity index (χ4n) is 5.28. The first-order chi connectivity index (χ1) is 17.2. The van der Waals surface area contributed by atoms with E-state index in [2.05, 4.69) is 96.8 Å². The maximum absolute atomic E-state index is 2.64.